The average molecular weight is 278 g/mol. The fourth-order valence-corrected chi connectivity index (χ4v) is 1.74. The topological polar surface area (TPSA) is 77.6 Å². The first-order chi connectivity index (χ1) is 9.62. The molecule has 1 aromatic carbocycles. The molecule has 108 valence electrons. The minimum Gasteiger partial charge on any atom is -0.497 e. The normalized spacial score (nSPS) is 12.2. The molecule has 1 aromatic heterocycles. The van der Waals surface area contributed by atoms with Crippen LogP contribution in [0, 0.1) is 0 Å². The highest BCUT2D eigenvalue weighted by Gasteiger charge is 2.12. The Morgan fingerprint density at radius 2 is 1.85 bits per heavy atom. The second-order valence-electron chi connectivity index (χ2n) is 4.50. The highest BCUT2D eigenvalue weighted by molar-refractivity contribution is 5.60. The summed E-state index contributed by atoms with van der Waals surface area (Å²) in [5.41, 5.74) is 0.758. The fraction of sp³-hybridized carbons (Fsp3) is 0.429. The van der Waals surface area contributed by atoms with Crippen LogP contribution in [0.3, 0.4) is 0 Å². The first kappa shape index (κ1) is 14.3. The zero-order valence-electron chi connectivity index (χ0n) is 11.8. The van der Waals surface area contributed by atoms with E-state index in [0.717, 1.165) is 5.56 Å². The molecule has 2 aromatic rings. The predicted molar refractivity (Wildman–Crippen MR) is 72.8 cm³/mol. The van der Waals surface area contributed by atoms with E-state index in [2.05, 4.69) is 10.1 Å². The summed E-state index contributed by atoms with van der Waals surface area (Å²) in [7, 11) is 3.17. The number of methoxy groups -OCH3 is 2. The Morgan fingerprint density at radius 3 is 2.40 bits per heavy atom. The average Bonchev–Trinajstić information content (AvgIpc) is 2.93. The molecule has 0 aliphatic rings. The first-order valence-corrected chi connectivity index (χ1v) is 6.36. The maximum absolute atomic E-state index is 9.25. The SMILES string of the molecule is COc1cc(OC)cc(-c2noc(CCC(C)O)n2)c1. The molecular formula is C14H18N2O4. The Bertz CT molecular complexity index is 544. The van der Waals surface area contributed by atoms with Gasteiger partial charge >= 0.3 is 0 Å². The zero-order valence-corrected chi connectivity index (χ0v) is 11.8. The quantitative estimate of drug-likeness (QED) is 0.871. The van der Waals surface area contributed by atoms with Gasteiger partial charge in [0.15, 0.2) is 0 Å². The van der Waals surface area contributed by atoms with E-state index in [1.165, 1.54) is 0 Å². The van der Waals surface area contributed by atoms with Gasteiger partial charge in [0.05, 0.1) is 20.3 Å². The summed E-state index contributed by atoms with van der Waals surface area (Å²) in [5, 5.41) is 13.2. The van der Waals surface area contributed by atoms with Gasteiger partial charge in [-0.25, -0.2) is 0 Å². The van der Waals surface area contributed by atoms with Crippen LogP contribution in [0.15, 0.2) is 22.7 Å². The number of ether oxygens (including phenoxy) is 2. The molecule has 1 heterocycles. The summed E-state index contributed by atoms with van der Waals surface area (Å²) in [6, 6.07) is 5.40. The van der Waals surface area contributed by atoms with Crippen LogP contribution in [0.4, 0.5) is 0 Å². The van der Waals surface area contributed by atoms with Crippen molar-refractivity contribution < 1.29 is 19.1 Å². The Kier molecular flexibility index (Phi) is 4.57. The molecule has 0 spiro atoms. The van der Waals surface area contributed by atoms with Gasteiger partial charge in [-0.1, -0.05) is 5.16 Å². The number of aryl methyl sites for hydroxylation is 1. The van der Waals surface area contributed by atoms with E-state index in [0.29, 0.717) is 36.1 Å². The van der Waals surface area contributed by atoms with Crippen molar-refractivity contribution in [3.63, 3.8) is 0 Å². The summed E-state index contributed by atoms with van der Waals surface area (Å²) in [4.78, 5) is 4.30. The molecular weight excluding hydrogens is 260 g/mol. The van der Waals surface area contributed by atoms with Crippen molar-refractivity contribution in [1.29, 1.82) is 0 Å². The van der Waals surface area contributed by atoms with Gasteiger partial charge in [0, 0.05) is 18.1 Å². The maximum atomic E-state index is 9.25. The molecule has 2 rings (SSSR count). The molecule has 1 unspecified atom stereocenters. The van der Waals surface area contributed by atoms with Crippen LogP contribution in [-0.2, 0) is 6.42 Å². The molecule has 0 saturated carbocycles. The van der Waals surface area contributed by atoms with Crippen molar-refractivity contribution in [3.8, 4) is 22.9 Å². The molecule has 0 saturated heterocycles. The number of hydrogen-bond acceptors (Lipinski definition) is 6. The minimum absolute atomic E-state index is 0.387. The lowest BCUT2D eigenvalue weighted by Gasteiger charge is -2.05. The van der Waals surface area contributed by atoms with Gasteiger partial charge in [-0.2, -0.15) is 4.98 Å². The van der Waals surface area contributed by atoms with Crippen LogP contribution >= 0.6 is 0 Å². The van der Waals surface area contributed by atoms with Crippen LogP contribution in [0.2, 0.25) is 0 Å². The van der Waals surface area contributed by atoms with Gasteiger partial charge < -0.3 is 19.1 Å². The Morgan fingerprint density at radius 1 is 1.20 bits per heavy atom. The summed E-state index contributed by atoms with van der Waals surface area (Å²) < 4.78 is 15.6. The van der Waals surface area contributed by atoms with Crippen molar-refractivity contribution in [1.82, 2.24) is 10.1 Å². The number of rotatable bonds is 6. The summed E-state index contributed by atoms with van der Waals surface area (Å²) in [6.07, 6.45) is 0.747. The third kappa shape index (κ3) is 3.48. The predicted octanol–water partition coefficient (Wildman–Crippen LogP) is 2.07. The smallest absolute Gasteiger partial charge is 0.227 e. The number of benzene rings is 1. The van der Waals surface area contributed by atoms with E-state index >= 15 is 0 Å². The highest BCUT2D eigenvalue weighted by Crippen LogP contribution is 2.28. The lowest BCUT2D eigenvalue weighted by Crippen LogP contribution is -2.01. The van der Waals surface area contributed by atoms with E-state index in [-0.39, 0.29) is 6.10 Å². The van der Waals surface area contributed by atoms with Gasteiger partial charge in [0.1, 0.15) is 11.5 Å². The van der Waals surface area contributed by atoms with Gasteiger partial charge in [-0.05, 0) is 25.5 Å². The number of nitrogens with zero attached hydrogens (tertiary/aromatic N) is 2. The van der Waals surface area contributed by atoms with E-state index in [4.69, 9.17) is 14.0 Å². The van der Waals surface area contributed by atoms with Crippen molar-refractivity contribution in [2.75, 3.05) is 14.2 Å². The Labute approximate surface area is 117 Å². The minimum atomic E-state index is -0.387. The second-order valence-corrected chi connectivity index (χ2v) is 4.50. The molecule has 0 fully saturated rings. The highest BCUT2D eigenvalue weighted by atomic mass is 16.5. The van der Waals surface area contributed by atoms with Crippen molar-refractivity contribution >= 4 is 0 Å². The lowest BCUT2D eigenvalue weighted by atomic mass is 10.2. The third-order valence-electron chi connectivity index (χ3n) is 2.85. The van der Waals surface area contributed by atoms with E-state index in [1.807, 2.05) is 12.1 Å². The lowest BCUT2D eigenvalue weighted by molar-refractivity contribution is 0.180. The van der Waals surface area contributed by atoms with Crippen LogP contribution in [0.25, 0.3) is 11.4 Å². The number of aliphatic hydroxyl groups is 1. The summed E-state index contributed by atoms with van der Waals surface area (Å²) in [5.74, 6) is 2.30. The standard InChI is InChI=1S/C14H18N2O4/c1-9(17)4-5-13-15-14(16-20-13)10-6-11(18-2)8-12(7-10)19-3/h6-9,17H,4-5H2,1-3H3. The summed E-state index contributed by atoms with van der Waals surface area (Å²) in [6.45, 7) is 1.73. The number of hydrogen-bond donors (Lipinski definition) is 1. The molecule has 6 nitrogen and oxygen atoms in total. The van der Waals surface area contributed by atoms with Crippen molar-refractivity contribution in [2.24, 2.45) is 0 Å². The molecule has 0 aliphatic heterocycles. The maximum Gasteiger partial charge on any atom is 0.227 e. The van der Waals surface area contributed by atoms with Crippen LogP contribution in [-0.4, -0.2) is 35.6 Å². The van der Waals surface area contributed by atoms with E-state index in [1.54, 1.807) is 27.2 Å². The van der Waals surface area contributed by atoms with Crippen LogP contribution in [0.1, 0.15) is 19.2 Å². The Hall–Kier alpha value is -2.08. The molecule has 1 atom stereocenters. The number of aliphatic hydroxyl groups excluding tert-OH is 1. The molecule has 0 amide bonds. The monoisotopic (exact) mass is 278 g/mol. The molecule has 0 bridgehead atoms. The fourth-order valence-electron chi connectivity index (χ4n) is 1.74. The Balaban J connectivity index is 2.22. The second kappa shape index (κ2) is 6.38. The first-order valence-electron chi connectivity index (χ1n) is 6.36. The van der Waals surface area contributed by atoms with Gasteiger partial charge in [-0.15, -0.1) is 0 Å². The van der Waals surface area contributed by atoms with Crippen molar-refractivity contribution in [3.05, 3.63) is 24.1 Å². The van der Waals surface area contributed by atoms with Crippen LogP contribution < -0.4 is 9.47 Å². The largest absolute Gasteiger partial charge is 0.497 e. The summed E-state index contributed by atoms with van der Waals surface area (Å²) >= 11 is 0. The van der Waals surface area contributed by atoms with Crippen LogP contribution in [0.5, 0.6) is 11.5 Å². The molecule has 1 N–H and O–H groups in total. The van der Waals surface area contributed by atoms with E-state index < -0.39 is 0 Å². The van der Waals surface area contributed by atoms with Gasteiger partial charge in [0.25, 0.3) is 0 Å². The molecule has 0 radical (unpaired) electrons. The molecule has 20 heavy (non-hydrogen) atoms. The molecule has 0 aliphatic carbocycles. The molecule has 6 heteroatoms. The zero-order chi connectivity index (χ0) is 14.5. The number of aromatic nitrogens is 2. The van der Waals surface area contributed by atoms with Crippen molar-refractivity contribution in [2.45, 2.75) is 25.9 Å². The third-order valence-corrected chi connectivity index (χ3v) is 2.85. The van der Waals surface area contributed by atoms with E-state index in [9.17, 15) is 5.11 Å². The van der Waals surface area contributed by atoms with Gasteiger partial charge in [-0.3, -0.25) is 0 Å². The van der Waals surface area contributed by atoms with Gasteiger partial charge in [0.2, 0.25) is 11.7 Å².